The highest BCUT2D eigenvalue weighted by Crippen LogP contribution is 2.30. The van der Waals surface area contributed by atoms with Crippen LogP contribution in [-0.2, 0) is 13.0 Å². The van der Waals surface area contributed by atoms with E-state index in [1.807, 2.05) is 25.1 Å². The van der Waals surface area contributed by atoms with Gasteiger partial charge in [0.05, 0.1) is 5.69 Å². The second-order valence-electron chi connectivity index (χ2n) is 5.26. The molecule has 0 aromatic heterocycles. The largest absolute Gasteiger partial charge is 0.489 e. The van der Waals surface area contributed by atoms with Crippen molar-refractivity contribution in [3.8, 4) is 5.75 Å². The van der Waals surface area contributed by atoms with E-state index in [-0.39, 0.29) is 6.61 Å². The van der Waals surface area contributed by atoms with E-state index < -0.39 is 5.24 Å². The number of carbonyl (C=O) groups is 1. The number of thioether (sulfide) groups is 1. The number of hydroxylamine groups is 1. The average molecular weight is 410 g/mol. The van der Waals surface area contributed by atoms with Gasteiger partial charge in [-0.25, -0.2) is 0 Å². The number of benzene rings is 2. The molecular weight excluding hydrogens is 390 g/mol. The highest BCUT2D eigenvalue weighted by atomic mass is 79.9. The second kappa shape index (κ2) is 8.55. The summed E-state index contributed by atoms with van der Waals surface area (Å²) in [7, 11) is 0. The van der Waals surface area contributed by atoms with Crippen molar-refractivity contribution in [3.05, 3.63) is 57.6 Å². The van der Waals surface area contributed by atoms with Crippen LogP contribution in [0.25, 0.3) is 0 Å². The first-order valence-corrected chi connectivity index (χ1v) is 9.56. The molecule has 128 valence electrons. The summed E-state index contributed by atoms with van der Waals surface area (Å²) < 4.78 is 6.70. The van der Waals surface area contributed by atoms with Crippen LogP contribution in [0.5, 0.6) is 5.75 Å². The molecule has 0 fully saturated rings. The Morgan fingerprint density at radius 1 is 1.33 bits per heavy atom. The molecule has 0 radical (unpaired) electrons. The number of ether oxygens (including phenoxy) is 1. The number of halogens is 1. The van der Waals surface area contributed by atoms with E-state index in [2.05, 4.69) is 28.9 Å². The van der Waals surface area contributed by atoms with E-state index in [9.17, 15) is 10.0 Å². The van der Waals surface area contributed by atoms with E-state index in [1.54, 1.807) is 18.4 Å². The zero-order valence-corrected chi connectivity index (χ0v) is 16.3. The first-order chi connectivity index (χ1) is 11.5. The molecule has 4 nitrogen and oxygen atoms in total. The zero-order valence-electron chi connectivity index (χ0n) is 13.9. The number of carbonyl (C=O) groups excluding carboxylic acids is 1. The summed E-state index contributed by atoms with van der Waals surface area (Å²) >= 11 is 4.41. The van der Waals surface area contributed by atoms with Gasteiger partial charge >= 0.3 is 5.24 Å². The van der Waals surface area contributed by atoms with Crippen LogP contribution >= 0.6 is 27.7 Å². The number of rotatable bonds is 5. The third-order valence-electron chi connectivity index (χ3n) is 3.69. The molecule has 0 saturated heterocycles. The Kier molecular flexibility index (Phi) is 6.71. The Morgan fingerprint density at radius 3 is 2.71 bits per heavy atom. The van der Waals surface area contributed by atoms with Gasteiger partial charge in [-0.1, -0.05) is 52.8 Å². The van der Waals surface area contributed by atoms with Crippen LogP contribution in [0.3, 0.4) is 0 Å². The van der Waals surface area contributed by atoms with E-state index in [4.69, 9.17) is 4.74 Å². The first kappa shape index (κ1) is 18.8. The predicted molar refractivity (Wildman–Crippen MR) is 102 cm³/mol. The van der Waals surface area contributed by atoms with E-state index in [0.717, 1.165) is 34.0 Å². The predicted octanol–water partition coefficient (Wildman–Crippen LogP) is 5.58. The maximum atomic E-state index is 11.8. The Morgan fingerprint density at radius 2 is 2.08 bits per heavy atom. The van der Waals surface area contributed by atoms with Crippen molar-refractivity contribution < 1.29 is 14.7 Å². The van der Waals surface area contributed by atoms with Gasteiger partial charge in [0.1, 0.15) is 12.4 Å². The van der Waals surface area contributed by atoms with Crippen LogP contribution in [0.1, 0.15) is 23.6 Å². The fraction of sp³-hybridized carbons (Fsp3) is 0.278. The molecule has 0 atom stereocenters. The minimum atomic E-state index is -0.446. The molecule has 0 aliphatic carbocycles. The average Bonchev–Trinajstić information content (AvgIpc) is 2.59. The van der Waals surface area contributed by atoms with Crippen LogP contribution in [0.2, 0.25) is 0 Å². The molecule has 1 N–H and O–H groups in total. The van der Waals surface area contributed by atoms with Gasteiger partial charge < -0.3 is 4.74 Å². The summed E-state index contributed by atoms with van der Waals surface area (Å²) in [6.07, 6.45) is 2.60. The SMILES string of the molecule is CCc1ccc(OCc2c(Br)cccc2N(O)C(=O)SC)c(C)c1. The molecule has 0 aliphatic rings. The lowest BCUT2D eigenvalue weighted by atomic mass is 10.1. The standard InChI is InChI=1S/C18H20BrNO3S/c1-4-13-8-9-17(12(2)10-13)23-11-14-15(19)6-5-7-16(14)20(22)18(21)24-3/h5-10,22H,4,11H2,1-3H3. The summed E-state index contributed by atoms with van der Waals surface area (Å²) in [6, 6.07) is 11.4. The fourth-order valence-corrected chi connectivity index (χ4v) is 3.06. The third-order valence-corrected chi connectivity index (χ3v) is 4.95. The Balaban J connectivity index is 2.25. The third kappa shape index (κ3) is 4.32. The number of amides is 1. The van der Waals surface area contributed by atoms with Gasteiger partial charge in [0, 0.05) is 10.0 Å². The molecule has 0 aliphatic heterocycles. The summed E-state index contributed by atoms with van der Waals surface area (Å²) in [6.45, 7) is 4.36. The summed E-state index contributed by atoms with van der Waals surface area (Å²) in [4.78, 5) is 11.8. The molecule has 2 aromatic carbocycles. The lowest BCUT2D eigenvalue weighted by Gasteiger charge is -2.19. The van der Waals surface area contributed by atoms with Crippen LogP contribution in [0, 0.1) is 6.92 Å². The topological polar surface area (TPSA) is 49.8 Å². The summed E-state index contributed by atoms with van der Waals surface area (Å²) in [5.74, 6) is 0.787. The maximum Gasteiger partial charge on any atom is 0.309 e. The van der Waals surface area contributed by atoms with Crippen molar-refractivity contribution >= 4 is 38.6 Å². The fourth-order valence-electron chi connectivity index (χ4n) is 2.32. The zero-order chi connectivity index (χ0) is 17.7. The van der Waals surface area contributed by atoms with Crippen molar-refractivity contribution in [2.45, 2.75) is 26.9 Å². The van der Waals surface area contributed by atoms with Crippen LogP contribution in [0.15, 0.2) is 40.9 Å². The molecule has 2 aromatic rings. The Labute approximate surface area is 154 Å². The molecule has 0 spiro atoms. The number of anilines is 1. The van der Waals surface area contributed by atoms with Crippen LogP contribution in [0.4, 0.5) is 10.5 Å². The van der Waals surface area contributed by atoms with E-state index in [1.165, 1.54) is 5.56 Å². The highest BCUT2D eigenvalue weighted by molar-refractivity contribution is 9.10. The second-order valence-corrected chi connectivity index (χ2v) is 6.87. The minimum absolute atomic E-state index is 0.238. The first-order valence-electron chi connectivity index (χ1n) is 7.54. The summed E-state index contributed by atoms with van der Waals surface area (Å²) in [5.41, 5.74) is 3.44. The smallest absolute Gasteiger partial charge is 0.309 e. The maximum absolute atomic E-state index is 11.8. The molecule has 0 unspecified atom stereocenters. The number of hydrogen-bond acceptors (Lipinski definition) is 4. The molecule has 0 saturated carbocycles. The molecule has 1 amide bonds. The molecule has 2 rings (SSSR count). The van der Waals surface area contributed by atoms with Crippen LogP contribution in [-0.4, -0.2) is 16.7 Å². The van der Waals surface area contributed by atoms with E-state index >= 15 is 0 Å². The molecule has 6 heteroatoms. The Hall–Kier alpha value is -1.50. The normalized spacial score (nSPS) is 10.5. The number of nitrogens with zero attached hydrogens (tertiary/aromatic N) is 1. The van der Waals surface area contributed by atoms with Crippen LogP contribution < -0.4 is 9.80 Å². The van der Waals surface area contributed by atoms with Gasteiger partial charge in [-0.05, 0) is 48.9 Å². The monoisotopic (exact) mass is 409 g/mol. The van der Waals surface area contributed by atoms with Crippen molar-refractivity contribution in [3.63, 3.8) is 0 Å². The van der Waals surface area contributed by atoms with Gasteiger partial charge in [-0.2, -0.15) is 5.06 Å². The molecule has 0 heterocycles. The number of aryl methyl sites for hydroxylation is 2. The Bertz CT molecular complexity index is 736. The van der Waals surface area contributed by atoms with Crippen molar-refractivity contribution in [1.82, 2.24) is 0 Å². The molecular formula is C18H20BrNO3S. The lowest BCUT2D eigenvalue weighted by molar-refractivity contribution is 0.223. The molecule has 24 heavy (non-hydrogen) atoms. The lowest BCUT2D eigenvalue weighted by Crippen LogP contribution is -2.24. The van der Waals surface area contributed by atoms with Crippen molar-refractivity contribution in [2.75, 3.05) is 11.3 Å². The van der Waals surface area contributed by atoms with Crippen molar-refractivity contribution in [2.24, 2.45) is 0 Å². The van der Waals surface area contributed by atoms with Gasteiger partial charge in [0.15, 0.2) is 0 Å². The summed E-state index contributed by atoms with van der Waals surface area (Å²) in [5, 5.41) is 10.3. The van der Waals surface area contributed by atoms with Gasteiger partial charge in [0.2, 0.25) is 0 Å². The number of hydrogen-bond donors (Lipinski definition) is 1. The quantitative estimate of drug-likeness (QED) is 0.517. The molecule has 0 bridgehead atoms. The minimum Gasteiger partial charge on any atom is -0.489 e. The van der Waals surface area contributed by atoms with Gasteiger partial charge in [-0.3, -0.25) is 10.0 Å². The highest BCUT2D eigenvalue weighted by Gasteiger charge is 2.18. The van der Waals surface area contributed by atoms with Gasteiger partial charge in [-0.15, -0.1) is 0 Å². The van der Waals surface area contributed by atoms with Crippen molar-refractivity contribution in [1.29, 1.82) is 0 Å². The van der Waals surface area contributed by atoms with E-state index in [0.29, 0.717) is 16.3 Å². The van der Waals surface area contributed by atoms with Gasteiger partial charge in [0.25, 0.3) is 0 Å².